The molecule has 0 unspecified atom stereocenters. The fourth-order valence-electron chi connectivity index (χ4n) is 2.86. The Kier molecular flexibility index (Phi) is 6.30. The second-order valence-electron chi connectivity index (χ2n) is 6.53. The number of carbonyl (C=O) groups is 1. The topological polar surface area (TPSA) is 192 Å². The number of rotatable bonds is 3. The van der Waals surface area contributed by atoms with Crippen molar-refractivity contribution in [2.24, 2.45) is 0 Å². The number of benzene rings is 1. The third-order valence-electron chi connectivity index (χ3n) is 4.42. The van der Waals surface area contributed by atoms with E-state index in [4.69, 9.17) is 20.9 Å². The first-order valence-electron chi connectivity index (χ1n) is 8.94. The molecule has 3 heterocycles. The number of imidazole rings is 1. The van der Waals surface area contributed by atoms with E-state index in [1.165, 1.54) is 24.1 Å². The number of anilines is 2. The molecule has 0 saturated carbocycles. The average molecular weight is 418 g/mol. The molecule has 30 heavy (non-hydrogen) atoms. The second kappa shape index (κ2) is 8.90. The van der Waals surface area contributed by atoms with E-state index in [0.29, 0.717) is 11.4 Å². The molecule has 0 aliphatic carbocycles. The van der Waals surface area contributed by atoms with Gasteiger partial charge in [0, 0.05) is 6.92 Å². The van der Waals surface area contributed by atoms with Gasteiger partial charge in [0.1, 0.15) is 24.9 Å². The maximum Gasteiger partial charge on any atom is 0.302 e. The van der Waals surface area contributed by atoms with Crippen molar-refractivity contribution in [1.29, 1.82) is 0 Å². The first kappa shape index (κ1) is 21.2. The van der Waals surface area contributed by atoms with Crippen LogP contribution in [-0.4, -0.2) is 60.6 Å². The third-order valence-corrected chi connectivity index (χ3v) is 4.42. The lowest BCUT2D eigenvalue weighted by Crippen LogP contribution is -2.34. The number of aromatic nitrogens is 4. The minimum absolute atomic E-state index is 0.0937. The Morgan fingerprint density at radius 3 is 2.50 bits per heavy atom. The molecule has 1 aliphatic heterocycles. The lowest BCUT2D eigenvalue weighted by Gasteiger charge is -2.16. The summed E-state index contributed by atoms with van der Waals surface area (Å²) < 4.78 is 11.7. The molecule has 4 atom stereocenters. The van der Waals surface area contributed by atoms with Crippen LogP contribution in [0.3, 0.4) is 0 Å². The summed E-state index contributed by atoms with van der Waals surface area (Å²) in [4.78, 5) is 32.7. The van der Waals surface area contributed by atoms with Crippen molar-refractivity contribution in [1.82, 2.24) is 19.5 Å². The Balaban J connectivity index is 0.000000269. The molecule has 7 N–H and O–H groups in total. The maximum atomic E-state index is 11.6. The summed E-state index contributed by atoms with van der Waals surface area (Å²) in [7, 11) is 0. The molecule has 12 heteroatoms. The number of nitrogens with two attached hydrogens (primary N) is 2. The number of carbonyl (C=O) groups excluding carboxylic acids is 1. The number of hydrogen-bond donors (Lipinski definition) is 5. The van der Waals surface area contributed by atoms with Crippen molar-refractivity contribution < 1.29 is 24.5 Å². The van der Waals surface area contributed by atoms with E-state index in [1.807, 2.05) is 12.1 Å². The highest BCUT2D eigenvalue weighted by molar-refractivity contribution is 5.69. The molecule has 160 valence electrons. The summed E-state index contributed by atoms with van der Waals surface area (Å²) in [5.41, 5.74) is 12.0. The largest absolute Gasteiger partial charge is 0.463 e. The smallest absolute Gasteiger partial charge is 0.302 e. The van der Waals surface area contributed by atoms with Crippen LogP contribution < -0.4 is 17.0 Å². The zero-order valence-corrected chi connectivity index (χ0v) is 16.0. The van der Waals surface area contributed by atoms with E-state index in [9.17, 15) is 19.8 Å². The predicted octanol–water partition coefficient (Wildman–Crippen LogP) is -0.847. The van der Waals surface area contributed by atoms with Gasteiger partial charge in [-0.3, -0.25) is 14.2 Å². The number of nitrogens with zero attached hydrogens (tertiary/aromatic N) is 3. The van der Waals surface area contributed by atoms with Gasteiger partial charge in [0.15, 0.2) is 17.4 Å². The Morgan fingerprint density at radius 1 is 1.23 bits per heavy atom. The number of para-hydroxylation sites is 2. The molecule has 1 fully saturated rings. The number of fused-ring (bicyclic) bond motifs is 1. The van der Waals surface area contributed by atoms with Crippen LogP contribution in [0.4, 0.5) is 11.4 Å². The fourth-order valence-corrected chi connectivity index (χ4v) is 2.86. The number of esters is 1. The molecule has 4 rings (SSSR count). The van der Waals surface area contributed by atoms with E-state index >= 15 is 0 Å². The lowest BCUT2D eigenvalue weighted by atomic mass is 10.1. The summed E-state index contributed by atoms with van der Waals surface area (Å²) in [6.07, 6.45) is -1.90. The Morgan fingerprint density at radius 2 is 1.90 bits per heavy atom. The average Bonchev–Trinajstić information content (AvgIpc) is 3.26. The van der Waals surface area contributed by atoms with Crippen LogP contribution in [0, 0.1) is 0 Å². The van der Waals surface area contributed by atoms with Crippen molar-refractivity contribution in [2.45, 2.75) is 31.5 Å². The van der Waals surface area contributed by atoms with Crippen molar-refractivity contribution in [2.75, 3.05) is 18.1 Å². The van der Waals surface area contributed by atoms with Crippen LogP contribution in [0.1, 0.15) is 13.2 Å². The SMILES string of the molecule is CC(=O)OC[C@H]1O[C@@H](n2cnc3c(=O)[nH]cnc32)[C@H](O)[C@@H]1O.Nc1ccccc1N. The number of H-pyrrole nitrogens is 1. The molecule has 0 radical (unpaired) electrons. The highest BCUT2D eigenvalue weighted by Crippen LogP contribution is 2.31. The van der Waals surface area contributed by atoms with Crippen LogP contribution in [0.5, 0.6) is 0 Å². The molecule has 3 aromatic rings. The lowest BCUT2D eigenvalue weighted by molar-refractivity contribution is -0.147. The molecular formula is C18H22N6O6. The number of aromatic amines is 1. The van der Waals surface area contributed by atoms with Crippen LogP contribution in [0.15, 0.2) is 41.7 Å². The molecule has 0 bridgehead atoms. The van der Waals surface area contributed by atoms with Gasteiger partial charge in [-0.2, -0.15) is 0 Å². The van der Waals surface area contributed by atoms with Gasteiger partial charge in [-0.1, -0.05) is 12.1 Å². The molecule has 0 spiro atoms. The van der Waals surface area contributed by atoms with E-state index in [2.05, 4.69) is 15.0 Å². The van der Waals surface area contributed by atoms with Gasteiger partial charge in [0.05, 0.1) is 24.0 Å². The molecule has 2 aromatic heterocycles. The quantitative estimate of drug-likeness (QED) is 0.264. The van der Waals surface area contributed by atoms with Crippen molar-refractivity contribution in [3.8, 4) is 0 Å². The highest BCUT2D eigenvalue weighted by atomic mass is 16.6. The normalized spacial score (nSPS) is 23.0. The van der Waals surface area contributed by atoms with E-state index < -0.39 is 36.1 Å². The van der Waals surface area contributed by atoms with Crippen LogP contribution in [0.2, 0.25) is 0 Å². The zero-order valence-electron chi connectivity index (χ0n) is 16.0. The number of nitrogen functional groups attached to an aromatic ring is 2. The van der Waals surface area contributed by atoms with Gasteiger partial charge in [-0.05, 0) is 12.1 Å². The minimum Gasteiger partial charge on any atom is -0.463 e. The summed E-state index contributed by atoms with van der Waals surface area (Å²) >= 11 is 0. The maximum absolute atomic E-state index is 11.6. The van der Waals surface area contributed by atoms with E-state index in [1.54, 1.807) is 12.1 Å². The monoisotopic (exact) mass is 418 g/mol. The van der Waals surface area contributed by atoms with Crippen LogP contribution in [0.25, 0.3) is 11.2 Å². The Bertz CT molecular complexity index is 1060. The zero-order chi connectivity index (χ0) is 21.8. The van der Waals surface area contributed by atoms with Gasteiger partial charge in [-0.25, -0.2) is 9.97 Å². The molecular weight excluding hydrogens is 396 g/mol. The van der Waals surface area contributed by atoms with E-state index in [0.717, 1.165) is 0 Å². The summed E-state index contributed by atoms with van der Waals surface area (Å²) in [5.74, 6) is -0.518. The number of aliphatic hydroxyl groups is 2. The van der Waals surface area contributed by atoms with Gasteiger partial charge in [-0.15, -0.1) is 0 Å². The minimum atomic E-state index is -1.28. The van der Waals surface area contributed by atoms with Crippen molar-refractivity contribution in [3.05, 3.63) is 47.3 Å². The number of ether oxygens (including phenoxy) is 2. The number of nitrogens with one attached hydrogen (secondary N) is 1. The van der Waals surface area contributed by atoms with E-state index in [-0.39, 0.29) is 17.8 Å². The second-order valence-corrected chi connectivity index (χ2v) is 6.53. The first-order valence-corrected chi connectivity index (χ1v) is 8.94. The van der Waals surface area contributed by atoms with Crippen LogP contribution in [-0.2, 0) is 14.3 Å². The first-order chi connectivity index (χ1) is 14.3. The Labute approximate surface area is 170 Å². The Hall–Kier alpha value is -3.48. The van der Waals surface area contributed by atoms with Crippen LogP contribution >= 0.6 is 0 Å². The van der Waals surface area contributed by atoms with Crippen molar-refractivity contribution in [3.63, 3.8) is 0 Å². The fraction of sp³-hybridized carbons (Fsp3) is 0.333. The molecule has 1 aliphatic rings. The highest BCUT2D eigenvalue weighted by Gasteiger charge is 2.44. The molecule has 12 nitrogen and oxygen atoms in total. The predicted molar refractivity (Wildman–Crippen MR) is 106 cm³/mol. The van der Waals surface area contributed by atoms with Gasteiger partial charge in [0.2, 0.25) is 0 Å². The van der Waals surface area contributed by atoms with Gasteiger partial charge >= 0.3 is 5.97 Å². The number of hydrogen-bond acceptors (Lipinski definition) is 10. The molecule has 1 aromatic carbocycles. The molecule has 0 amide bonds. The molecule has 1 saturated heterocycles. The third kappa shape index (κ3) is 4.40. The van der Waals surface area contributed by atoms with Gasteiger partial charge < -0.3 is 36.1 Å². The number of aliphatic hydroxyl groups excluding tert-OH is 2. The summed E-state index contributed by atoms with van der Waals surface area (Å²) in [6.45, 7) is 1.04. The standard InChI is InChI=1S/C12H14N4O6.C6H8N2/c1-5(17)21-2-6-8(18)9(19)12(22-6)16-4-15-7-10(16)13-3-14-11(7)20;7-5-3-1-2-4-6(5)8/h3-4,6,8-9,12,18-19H,2H2,1H3,(H,13,14,20);1-4H,7-8H2/t6-,8-,9-,12-;/m1./s1. The van der Waals surface area contributed by atoms with Gasteiger partial charge in [0.25, 0.3) is 5.56 Å². The summed E-state index contributed by atoms with van der Waals surface area (Å²) in [5, 5.41) is 20.1. The van der Waals surface area contributed by atoms with Crippen molar-refractivity contribution >= 4 is 28.5 Å². The summed E-state index contributed by atoms with van der Waals surface area (Å²) in [6, 6.07) is 7.25.